The van der Waals surface area contributed by atoms with Crippen molar-refractivity contribution < 1.29 is 15.0 Å². The third-order valence-electron chi connectivity index (χ3n) is 4.17. The number of hydrogen-bond acceptors (Lipinski definition) is 3. The van der Waals surface area contributed by atoms with Gasteiger partial charge in [-0.2, -0.15) is 0 Å². The van der Waals surface area contributed by atoms with Crippen molar-refractivity contribution in [1.29, 1.82) is 0 Å². The average molecular weight is 210 g/mol. The number of aliphatic hydroxyl groups excluding tert-OH is 2. The lowest BCUT2D eigenvalue weighted by Crippen LogP contribution is -2.45. The lowest BCUT2D eigenvalue weighted by molar-refractivity contribution is -0.118. The van der Waals surface area contributed by atoms with Crippen LogP contribution in [0, 0.1) is 11.3 Å². The molecular weight excluding hydrogens is 192 g/mol. The summed E-state index contributed by atoms with van der Waals surface area (Å²) in [5.74, 6) is 0.408. The smallest absolute Gasteiger partial charge is 0.155 e. The molecule has 3 nitrogen and oxygen atoms in total. The minimum Gasteiger partial charge on any atom is -0.390 e. The largest absolute Gasteiger partial charge is 0.390 e. The monoisotopic (exact) mass is 210 g/mol. The molecular formula is C12H18O3. The van der Waals surface area contributed by atoms with Gasteiger partial charge in [-0.15, -0.1) is 0 Å². The number of rotatable bonds is 0. The van der Waals surface area contributed by atoms with E-state index in [0.29, 0.717) is 19.3 Å². The SMILES string of the molecule is C[C@@H]1CC(=O)C=C2CC(O)C(O)C[C@]21C. The van der Waals surface area contributed by atoms with Crippen LogP contribution < -0.4 is 0 Å². The summed E-state index contributed by atoms with van der Waals surface area (Å²) in [4.78, 5) is 11.4. The lowest BCUT2D eigenvalue weighted by atomic mass is 9.59. The van der Waals surface area contributed by atoms with Gasteiger partial charge < -0.3 is 10.2 Å². The molecule has 0 aromatic heterocycles. The predicted molar refractivity (Wildman–Crippen MR) is 56.2 cm³/mol. The van der Waals surface area contributed by atoms with Crippen LogP contribution in [0.2, 0.25) is 0 Å². The van der Waals surface area contributed by atoms with E-state index in [1.54, 1.807) is 6.08 Å². The molecule has 0 bridgehead atoms. The van der Waals surface area contributed by atoms with Crippen molar-refractivity contribution >= 4 is 5.78 Å². The third-order valence-corrected chi connectivity index (χ3v) is 4.17. The molecule has 2 N–H and O–H groups in total. The van der Waals surface area contributed by atoms with Crippen molar-refractivity contribution in [2.24, 2.45) is 11.3 Å². The zero-order valence-electron chi connectivity index (χ0n) is 9.23. The fourth-order valence-corrected chi connectivity index (χ4v) is 2.82. The van der Waals surface area contributed by atoms with E-state index < -0.39 is 12.2 Å². The van der Waals surface area contributed by atoms with Gasteiger partial charge in [0.2, 0.25) is 0 Å². The van der Waals surface area contributed by atoms with E-state index in [-0.39, 0.29) is 17.1 Å². The van der Waals surface area contributed by atoms with E-state index in [1.807, 2.05) is 0 Å². The summed E-state index contributed by atoms with van der Waals surface area (Å²) in [6.45, 7) is 4.14. The van der Waals surface area contributed by atoms with Crippen LogP contribution in [0.15, 0.2) is 11.6 Å². The molecule has 2 aliphatic rings. The molecule has 2 rings (SSSR count). The van der Waals surface area contributed by atoms with E-state index in [9.17, 15) is 15.0 Å². The Labute approximate surface area is 89.8 Å². The van der Waals surface area contributed by atoms with Gasteiger partial charge >= 0.3 is 0 Å². The van der Waals surface area contributed by atoms with Crippen LogP contribution >= 0.6 is 0 Å². The quantitative estimate of drug-likeness (QED) is 0.628. The maximum atomic E-state index is 11.4. The zero-order chi connectivity index (χ0) is 11.2. The van der Waals surface area contributed by atoms with Crippen molar-refractivity contribution in [3.05, 3.63) is 11.6 Å². The Balaban J connectivity index is 2.35. The average Bonchev–Trinajstić information content (AvgIpc) is 2.12. The maximum Gasteiger partial charge on any atom is 0.155 e. The van der Waals surface area contributed by atoms with Crippen molar-refractivity contribution in [3.8, 4) is 0 Å². The number of ketones is 1. The van der Waals surface area contributed by atoms with Crippen LogP contribution in [0.25, 0.3) is 0 Å². The molecule has 0 aromatic rings. The van der Waals surface area contributed by atoms with Gasteiger partial charge in [0.05, 0.1) is 12.2 Å². The Bertz CT molecular complexity index is 321. The molecule has 1 saturated carbocycles. The first-order valence-electron chi connectivity index (χ1n) is 5.53. The highest BCUT2D eigenvalue weighted by atomic mass is 16.3. The van der Waals surface area contributed by atoms with Gasteiger partial charge in [-0.3, -0.25) is 4.79 Å². The summed E-state index contributed by atoms with van der Waals surface area (Å²) in [7, 11) is 0. The lowest BCUT2D eigenvalue weighted by Gasteiger charge is -2.47. The van der Waals surface area contributed by atoms with Crippen LogP contribution in [0.3, 0.4) is 0 Å². The Hall–Kier alpha value is -0.670. The standard InChI is InChI=1S/C12H18O3/c1-7-3-9(13)4-8-5-10(14)11(15)6-12(7,8)2/h4,7,10-11,14-15H,3,5-6H2,1-2H3/t7-,10?,11?,12+/m1/s1. The highest BCUT2D eigenvalue weighted by Gasteiger charge is 2.45. The van der Waals surface area contributed by atoms with Crippen molar-refractivity contribution in [1.82, 2.24) is 0 Å². The topological polar surface area (TPSA) is 57.5 Å². The molecule has 0 spiro atoms. The number of carbonyl (C=O) groups excluding carboxylic acids is 1. The Morgan fingerprint density at radius 1 is 1.33 bits per heavy atom. The van der Waals surface area contributed by atoms with Crippen LogP contribution in [0.5, 0.6) is 0 Å². The van der Waals surface area contributed by atoms with Crippen molar-refractivity contribution in [3.63, 3.8) is 0 Å². The van der Waals surface area contributed by atoms with Crippen LogP contribution in [0.4, 0.5) is 0 Å². The van der Waals surface area contributed by atoms with Gasteiger partial charge in [-0.05, 0) is 30.3 Å². The highest BCUT2D eigenvalue weighted by molar-refractivity contribution is 5.92. The molecule has 0 amide bonds. The number of hydrogen-bond donors (Lipinski definition) is 2. The molecule has 0 heterocycles. The predicted octanol–water partition coefficient (Wildman–Crippen LogP) is 1.04. The summed E-state index contributed by atoms with van der Waals surface area (Å²) in [5, 5.41) is 19.3. The molecule has 0 aromatic carbocycles. The molecule has 4 atom stereocenters. The minimum absolute atomic E-state index is 0.105. The van der Waals surface area contributed by atoms with E-state index in [2.05, 4.69) is 13.8 Å². The number of allylic oxidation sites excluding steroid dienone is 1. The fraction of sp³-hybridized carbons (Fsp3) is 0.750. The van der Waals surface area contributed by atoms with Crippen LogP contribution in [0.1, 0.15) is 33.1 Å². The van der Waals surface area contributed by atoms with Gasteiger partial charge in [0.1, 0.15) is 0 Å². The summed E-state index contributed by atoms with van der Waals surface area (Å²) in [5.41, 5.74) is 0.913. The second kappa shape index (κ2) is 3.42. The number of fused-ring (bicyclic) bond motifs is 1. The molecule has 84 valence electrons. The second-order valence-electron chi connectivity index (χ2n) is 5.20. The molecule has 2 aliphatic carbocycles. The highest BCUT2D eigenvalue weighted by Crippen LogP contribution is 2.49. The molecule has 15 heavy (non-hydrogen) atoms. The minimum atomic E-state index is -0.706. The first-order chi connectivity index (χ1) is 6.93. The molecule has 3 heteroatoms. The molecule has 0 aliphatic heterocycles. The van der Waals surface area contributed by atoms with Crippen molar-refractivity contribution in [2.75, 3.05) is 0 Å². The first kappa shape index (κ1) is 10.8. The van der Waals surface area contributed by atoms with Crippen molar-refractivity contribution in [2.45, 2.75) is 45.3 Å². The Morgan fingerprint density at radius 2 is 2.00 bits per heavy atom. The van der Waals surface area contributed by atoms with Crippen LogP contribution in [-0.4, -0.2) is 28.2 Å². The van der Waals surface area contributed by atoms with Gasteiger partial charge in [-0.25, -0.2) is 0 Å². The van der Waals surface area contributed by atoms with Gasteiger partial charge in [0.15, 0.2) is 5.78 Å². The fourth-order valence-electron chi connectivity index (χ4n) is 2.82. The maximum absolute atomic E-state index is 11.4. The molecule has 1 fully saturated rings. The summed E-state index contributed by atoms with van der Waals surface area (Å²) in [6.07, 6.45) is 1.88. The molecule has 0 saturated heterocycles. The van der Waals surface area contributed by atoms with Gasteiger partial charge in [0.25, 0.3) is 0 Å². The molecule has 0 radical (unpaired) electrons. The Morgan fingerprint density at radius 3 is 2.67 bits per heavy atom. The summed E-state index contributed by atoms with van der Waals surface area (Å²) < 4.78 is 0. The summed E-state index contributed by atoms with van der Waals surface area (Å²) >= 11 is 0. The zero-order valence-corrected chi connectivity index (χ0v) is 9.23. The number of aliphatic hydroxyl groups is 2. The van der Waals surface area contributed by atoms with E-state index in [0.717, 1.165) is 5.57 Å². The normalized spacial score (nSPS) is 46.0. The van der Waals surface area contributed by atoms with Gasteiger partial charge in [-0.1, -0.05) is 19.4 Å². The van der Waals surface area contributed by atoms with E-state index in [4.69, 9.17) is 0 Å². The third kappa shape index (κ3) is 1.64. The van der Waals surface area contributed by atoms with E-state index in [1.165, 1.54) is 0 Å². The molecule has 2 unspecified atom stereocenters. The first-order valence-corrected chi connectivity index (χ1v) is 5.53. The van der Waals surface area contributed by atoms with E-state index >= 15 is 0 Å². The second-order valence-corrected chi connectivity index (χ2v) is 5.20. The Kier molecular flexibility index (Phi) is 2.47. The van der Waals surface area contributed by atoms with Gasteiger partial charge in [0, 0.05) is 6.42 Å². The number of carbonyl (C=O) groups is 1. The summed E-state index contributed by atoms with van der Waals surface area (Å²) in [6, 6.07) is 0. The van der Waals surface area contributed by atoms with Crippen LogP contribution in [-0.2, 0) is 4.79 Å².